The molecule has 0 radical (unpaired) electrons. The minimum Gasteiger partial charge on any atom is -0.313 e. The summed E-state index contributed by atoms with van der Waals surface area (Å²) < 4.78 is 13.9. The molecule has 1 N–H and O–H groups in total. The summed E-state index contributed by atoms with van der Waals surface area (Å²) in [7, 11) is 1.95. The molecule has 1 fully saturated rings. The highest BCUT2D eigenvalue weighted by Gasteiger charge is 2.31. The van der Waals surface area contributed by atoms with E-state index in [4.69, 9.17) is 0 Å². The molecule has 3 unspecified atom stereocenters. The lowest BCUT2D eigenvalue weighted by Crippen LogP contribution is -2.32. The van der Waals surface area contributed by atoms with Gasteiger partial charge in [-0.15, -0.1) is 0 Å². The van der Waals surface area contributed by atoms with Crippen LogP contribution in [0.4, 0.5) is 4.39 Å². The van der Waals surface area contributed by atoms with Crippen LogP contribution in [0.25, 0.3) is 0 Å². The van der Waals surface area contributed by atoms with E-state index < -0.39 is 0 Å². The van der Waals surface area contributed by atoms with Crippen molar-refractivity contribution in [1.29, 1.82) is 0 Å². The van der Waals surface area contributed by atoms with E-state index in [-0.39, 0.29) is 11.9 Å². The van der Waals surface area contributed by atoms with Crippen molar-refractivity contribution in [3.05, 3.63) is 35.6 Å². The first-order chi connectivity index (χ1) is 8.61. The third-order valence-electron chi connectivity index (χ3n) is 4.24. The Morgan fingerprint density at radius 1 is 1.11 bits per heavy atom. The van der Waals surface area contributed by atoms with Crippen molar-refractivity contribution in [3.8, 4) is 0 Å². The fraction of sp³-hybridized carbons (Fsp3) is 0.625. The highest BCUT2D eigenvalue weighted by atomic mass is 19.1. The van der Waals surface area contributed by atoms with E-state index in [1.807, 2.05) is 19.2 Å². The fourth-order valence-electron chi connectivity index (χ4n) is 3.65. The fourth-order valence-corrected chi connectivity index (χ4v) is 3.65. The molecule has 1 nitrogen and oxygen atoms in total. The van der Waals surface area contributed by atoms with Crippen LogP contribution in [0.1, 0.15) is 44.7 Å². The van der Waals surface area contributed by atoms with Gasteiger partial charge in [-0.1, -0.05) is 32.0 Å². The van der Waals surface area contributed by atoms with Gasteiger partial charge in [0.25, 0.3) is 0 Å². The molecule has 100 valence electrons. The summed E-state index contributed by atoms with van der Waals surface area (Å²) in [5, 5.41) is 3.33. The van der Waals surface area contributed by atoms with Crippen LogP contribution in [-0.4, -0.2) is 7.05 Å². The molecule has 1 aromatic carbocycles. The van der Waals surface area contributed by atoms with Gasteiger partial charge in [0.2, 0.25) is 0 Å². The van der Waals surface area contributed by atoms with Gasteiger partial charge in [0.05, 0.1) is 0 Å². The summed E-state index contributed by atoms with van der Waals surface area (Å²) in [6.07, 6.45) is 3.71. The lowest BCUT2D eigenvalue weighted by molar-refractivity contribution is 0.179. The van der Waals surface area contributed by atoms with Crippen LogP contribution < -0.4 is 5.32 Å². The number of hydrogen-bond acceptors (Lipinski definition) is 1. The van der Waals surface area contributed by atoms with Crippen molar-refractivity contribution in [2.75, 3.05) is 7.05 Å². The van der Waals surface area contributed by atoms with Gasteiger partial charge in [0.15, 0.2) is 0 Å². The molecule has 0 amide bonds. The second kappa shape index (κ2) is 5.83. The smallest absolute Gasteiger partial charge is 0.127 e. The Balaban J connectivity index is 2.20. The zero-order chi connectivity index (χ0) is 13.1. The number of halogens is 1. The van der Waals surface area contributed by atoms with Gasteiger partial charge < -0.3 is 5.32 Å². The average Bonchev–Trinajstić information content (AvgIpc) is 2.31. The Morgan fingerprint density at radius 3 is 2.28 bits per heavy atom. The maximum absolute atomic E-state index is 13.9. The maximum Gasteiger partial charge on any atom is 0.127 e. The quantitative estimate of drug-likeness (QED) is 0.848. The minimum absolute atomic E-state index is 0.0808. The molecular weight excluding hydrogens is 225 g/mol. The Kier molecular flexibility index (Phi) is 4.39. The molecular formula is C16H24FN. The van der Waals surface area contributed by atoms with Crippen LogP contribution in [0.2, 0.25) is 0 Å². The molecule has 0 spiro atoms. The Morgan fingerprint density at radius 2 is 1.72 bits per heavy atom. The highest BCUT2D eigenvalue weighted by Crippen LogP contribution is 2.40. The first-order valence-corrected chi connectivity index (χ1v) is 7.03. The molecule has 1 aliphatic rings. The average molecular weight is 249 g/mol. The van der Waals surface area contributed by atoms with Crippen LogP contribution >= 0.6 is 0 Å². The number of rotatable bonds is 3. The Bertz CT molecular complexity index is 380. The second-order valence-electron chi connectivity index (χ2n) is 5.97. The van der Waals surface area contributed by atoms with Crippen molar-refractivity contribution in [2.45, 2.75) is 39.2 Å². The van der Waals surface area contributed by atoms with Crippen molar-refractivity contribution in [1.82, 2.24) is 5.32 Å². The molecule has 1 aromatic rings. The molecule has 0 heterocycles. The predicted octanol–water partition coefficient (Wildman–Crippen LogP) is 4.16. The van der Waals surface area contributed by atoms with Gasteiger partial charge in [-0.05, 0) is 50.1 Å². The van der Waals surface area contributed by atoms with E-state index in [0.717, 1.165) is 17.4 Å². The molecule has 2 rings (SSSR count). The summed E-state index contributed by atoms with van der Waals surface area (Å²) in [6.45, 7) is 4.63. The molecule has 0 aromatic heterocycles. The summed E-state index contributed by atoms with van der Waals surface area (Å²) in [4.78, 5) is 0. The Hall–Kier alpha value is -0.890. The maximum atomic E-state index is 13.9. The number of hydrogen-bond donors (Lipinski definition) is 1. The van der Waals surface area contributed by atoms with Crippen molar-refractivity contribution in [2.24, 2.45) is 17.8 Å². The zero-order valence-corrected chi connectivity index (χ0v) is 11.6. The molecule has 18 heavy (non-hydrogen) atoms. The topological polar surface area (TPSA) is 12.0 Å². The molecule has 0 bridgehead atoms. The first kappa shape index (κ1) is 13.5. The van der Waals surface area contributed by atoms with Crippen LogP contribution in [-0.2, 0) is 0 Å². The summed E-state index contributed by atoms with van der Waals surface area (Å²) in [5.41, 5.74) is 0.825. The van der Waals surface area contributed by atoms with Crippen LogP contribution in [0.3, 0.4) is 0 Å². The van der Waals surface area contributed by atoms with E-state index in [0.29, 0.717) is 5.92 Å². The Labute approximate surface area is 110 Å². The SMILES string of the molecule is CNC(c1ccccc1F)C1CC(C)CC(C)C1. The molecule has 1 aliphatic carbocycles. The summed E-state index contributed by atoms with van der Waals surface area (Å²) in [5.74, 6) is 1.97. The van der Waals surface area contributed by atoms with Gasteiger partial charge in [-0.2, -0.15) is 0 Å². The third kappa shape index (κ3) is 2.92. The standard InChI is InChI=1S/C16H24FN/c1-11-8-12(2)10-13(9-11)16(18-3)14-6-4-5-7-15(14)17/h4-7,11-13,16,18H,8-10H2,1-3H3. The normalized spacial score (nSPS) is 30.1. The highest BCUT2D eigenvalue weighted by molar-refractivity contribution is 5.22. The largest absolute Gasteiger partial charge is 0.313 e. The van der Waals surface area contributed by atoms with Gasteiger partial charge in [0, 0.05) is 11.6 Å². The van der Waals surface area contributed by atoms with Crippen LogP contribution in [0.15, 0.2) is 24.3 Å². The molecule has 1 saturated carbocycles. The molecule has 0 aliphatic heterocycles. The van der Waals surface area contributed by atoms with Gasteiger partial charge in [-0.25, -0.2) is 4.39 Å². The van der Waals surface area contributed by atoms with E-state index in [2.05, 4.69) is 19.2 Å². The molecule has 2 heteroatoms. The predicted molar refractivity (Wildman–Crippen MR) is 73.9 cm³/mol. The summed E-state index contributed by atoms with van der Waals surface area (Å²) >= 11 is 0. The van der Waals surface area contributed by atoms with Gasteiger partial charge in [0.1, 0.15) is 5.82 Å². The zero-order valence-electron chi connectivity index (χ0n) is 11.6. The second-order valence-corrected chi connectivity index (χ2v) is 5.97. The van der Waals surface area contributed by atoms with E-state index >= 15 is 0 Å². The van der Waals surface area contributed by atoms with Crippen LogP contribution in [0.5, 0.6) is 0 Å². The van der Waals surface area contributed by atoms with E-state index in [1.165, 1.54) is 19.3 Å². The van der Waals surface area contributed by atoms with Crippen molar-refractivity contribution < 1.29 is 4.39 Å². The number of benzene rings is 1. The molecule has 0 saturated heterocycles. The van der Waals surface area contributed by atoms with Crippen molar-refractivity contribution >= 4 is 0 Å². The third-order valence-corrected chi connectivity index (χ3v) is 4.24. The molecule has 3 atom stereocenters. The first-order valence-electron chi connectivity index (χ1n) is 7.03. The number of nitrogens with one attached hydrogen (secondary N) is 1. The lowest BCUT2D eigenvalue weighted by Gasteiger charge is -2.36. The van der Waals surface area contributed by atoms with E-state index in [1.54, 1.807) is 12.1 Å². The van der Waals surface area contributed by atoms with Gasteiger partial charge in [-0.3, -0.25) is 0 Å². The van der Waals surface area contributed by atoms with Crippen molar-refractivity contribution in [3.63, 3.8) is 0 Å². The van der Waals surface area contributed by atoms with E-state index in [9.17, 15) is 4.39 Å². The monoisotopic (exact) mass is 249 g/mol. The summed E-state index contributed by atoms with van der Waals surface area (Å²) in [6, 6.07) is 7.32. The van der Waals surface area contributed by atoms with Gasteiger partial charge >= 0.3 is 0 Å². The lowest BCUT2D eigenvalue weighted by atomic mass is 9.72. The minimum atomic E-state index is -0.0808. The van der Waals surface area contributed by atoms with Crippen LogP contribution in [0, 0.1) is 23.6 Å².